The van der Waals surface area contributed by atoms with Crippen LogP contribution in [0.15, 0.2) is 59.5 Å². The van der Waals surface area contributed by atoms with E-state index in [1.54, 1.807) is 6.20 Å². The Balaban J connectivity index is 1.66. The topological polar surface area (TPSA) is 66.9 Å². The van der Waals surface area contributed by atoms with Gasteiger partial charge in [0, 0.05) is 27.5 Å². The lowest BCUT2D eigenvalue weighted by molar-refractivity contribution is -0.115. The second-order valence-electron chi connectivity index (χ2n) is 4.64. The molecular formula is C17H11BrN4O. The van der Waals surface area contributed by atoms with Crippen LogP contribution in [0.5, 0.6) is 0 Å². The van der Waals surface area contributed by atoms with E-state index in [4.69, 9.17) is 0 Å². The Kier molecular flexibility index (Phi) is 4.50. The molecule has 23 heavy (non-hydrogen) atoms. The van der Waals surface area contributed by atoms with Crippen LogP contribution in [0.25, 0.3) is 10.9 Å². The number of hydrogen-bond acceptors (Lipinski definition) is 4. The lowest BCUT2D eigenvalue weighted by atomic mass is 10.1. The number of hydrogen-bond donors (Lipinski definition) is 2. The second-order valence-corrected chi connectivity index (χ2v) is 5.55. The first kappa shape index (κ1) is 15.0. The van der Waals surface area contributed by atoms with Crippen LogP contribution in [0.3, 0.4) is 0 Å². The largest absolute Gasteiger partial charge is 0.314 e. The third-order valence-electron chi connectivity index (χ3n) is 2.97. The standard InChI is InChI=1S/C17H11BrN4O/c18-14-2-1-3-15(9-14)21-22-17(23)7-5-12-4-6-16-13(8-12)10-19-11-20-16/h1-4,6,8-11,21H,(H,22,23). The van der Waals surface area contributed by atoms with E-state index in [9.17, 15) is 4.79 Å². The summed E-state index contributed by atoms with van der Waals surface area (Å²) >= 11 is 3.36. The predicted octanol–water partition coefficient (Wildman–Crippen LogP) is 2.89. The number of rotatable bonds is 2. The zero-order valence-electron chi connectivity index (χ0n) is 11.9. The van der Waals surface area contributed by atoms with Gasteiger partial charge in [-0.2, -0.15) is 0 Å². The molecule has 0 spiro atoms. The minimum absolute atomic E-state index is 0.422. The molecule has 6 heteroatoms. The maximum atomic E-state index is 11.8. The molecule has 0 radical (unpaired) electrons. The monoisotopic (exact) mass is 366 g/mol. The smallest absolute Gasteiger partial charge is 0.298 e. The van der Waals surface area contributed by atoms with Crippen LogP contribution in [0.4, 0.5) is 5.69 Å². The third kappa shape index (κ3) is 4.05. The summed E-state index contributed by atoms with van der Waals surface area (Å²) in [5.41, 5.74) is 7.65. The van der Waals surface area contributed by atoms with Crippen LogP contribution >= 0.6 is 15.9 Å². The zero-order chi connectivity index (χ0) is 16.1. The first-order valence-electron chi connectivity index (χ1n) is 6.74. The Bertz CT molecular complexity index is 930. The molecule has 0 aliphatic carbocycles. The van der Waals surface area contributed by atoms with Crippen molar-refractivity contribution in [2.24, 2.45) is 0 Å². The molecule has 3 aromatic rings. The number of fused-ring (bicyclic) bond motifs is 1. The third-order valence-corrected chi connectivity index (χ3v) is 3.46. The molecule has 0 aliphatic rings. The van der Waals surface area contributed by atoms with E-state index in [0.29, 0.717) is 0 Å². The van der Waals surface area contributed by atoms with Gasteiger partial charge in [-0.15, -0.1) is 0 Å². The molecule has 1 amide bonds. The quantitative estimate of drug-likeness (QED) is 0.540. The highest BCUT2D eigenvalue weighted by molar-refractivity contribution is 9.10. The number of hydrazine groups is 1. The van der Waals surface area contributed by atoms with Crippen LogP contribution in [-0.2, 0) is 4.79 Å². The van der Waals surface area contributed by atoms with Crippen LogP contribution in [-0.4, -0.2) is 15.9 Å². The molecule has 0 aliphatic heterocycles. The van der Waals surface area contributed by atoms with Gasteiger partial charge in [0.15, 0.2) is 0 Å². The summed E-state index contributed by atoms with van der Waals surface area (Å²) in [5.74, 6) is 4.93. The molecular weight excluding hydrogens is 356 g/mol. The van der Waals surface area contributed by atoms with Gasteiger partial charge in [-0.1, -0.05) is 27.9 Å². The summed E-state index contributed by atoms with van der Waals surface area (Å²) in [4.78, 5) is 19.9. The van der Waals surface area contributed by atoms with Crippen LogP contribution in [0, 0.1) is 11.8 Å². The summed E-state index contributed by atoms with van der Waals surface area (Å²) in [6.07, 6.45) is 3.21. The SMILES string of the molecule is O=C(C#Cc1ccc2ncncc2c1)NNc1cccc(Br)c1. The van der Waals surface area contributed by atoms with Crippen LogP contribution < -0.4 is 10.9 Å². The summed E-state index contributed by atoms with van der Waals surface area (Å²) in [7, 11) is 0. The average Bonchev–Trinajstić information content (AvgIpc) is 2.58. The van der Waals surface area contributed by atoms with Crippen molar-refractivity contribution in [3.63, 3.8) is 0 Å². The summed E-state index contributed by atoms with van der Waals surface area (Å²) in [5, 5.41) is 0.881. The van der Waals surface area contributed by atoms with Gasteiger partial charge < -0.3 is 0 Å². The van der Waals surface area contributed by atoms with Gasteiger partial charge >= 0.3 is 5.91 Å². The van der Waals surface area contributed by atoms with Gasteiger partial charge in [0.2, 0.25) is 0 Å². The molecule has 1 heterocycles. The molecule has 3 rings (SSSR count). The number of halogens is 1. The molecule has 0 fully saturated rings. The molecule has 0 bridgehead atoms. The molecule has 0 saturated heterocycles. The van der Waals surface area contributed by atoms with Crippen molar-refractivity contribution in [1.82, 2.24) is 15.4 Å². The number of aromatic nitrogens is 2. The van der Waals surface area contributed by atoms with Gasteiger partial charge in [0.25, 0.3) is 0 Å². The van der Waals surface area contributed by atoms with Crippen molar-refractivity contribution in [3.8, 4) is 11.8 Å². The van der Waals surface area contributed by atoms with Crippen LogP contribution in [0.1, 0.15) is 5.56 Å². The Morgan fingerprint density at radius 2 is 2.09 bits per heavy atom. The first-order chi connectivity index (χ1) is 11.2. The number of carbonyl (C=O) groups excluding carboxylic acids is 1. The zero-order valence-corrected chi connectivity index (χ0v) is 13.5. The van der Waals surface area contributed by atoms with Gasteiger partial charge in [0.05, 0.1) is 11.2 Å². The fraction of sp³-hybridized carbons (Fsp3) is 0. The van der Waals surface area contributed by atoms with E-state index < -0.39 is 5.91 Å². The number of amides is 1. The second kappa shape index (κ2) is 6.90. The Labute approximate surface area is 141 Å². The minimum atomic E-state index is -0.422. The van der Waals surface area contributed by atoms with E-state index in [2.05, 4.69) is 48.6 Å². The maximum absolute atomic E-state index is 11.8. The first-order valence-corrected chi connectivity index (χ1v) is 7.53. The molecule has 0 saturated carbocycles. The number of nitrogens with zero attached hydrogens (tertiary/aromatic N) is 2. The maximum Gasteiger partial charge on any atom is 0.314 e. The van der Waals surface area contributed by atoms with E-state index in [1.165, 1.54) is 6.33 Å². The van der Waals surface area contributed by atoms with Gasteiger partial charge in [-0.05, 0) is 36.4 Å². The highest BCUT2D eigenvalue weighted by Gasteiger charge is 1.98. The van der Waals surface area contributed by atoms with E-state index in [1.807, 2.05) is 42.5 Å². The number of nitrogens with one attached hydrogen (secondary N) is 2. The van der Waals surface area contributed by atoms with Crippen molar-refractivity contribution in [2.75, 3.05) is 5.43 Å². The number of anilines is 1. The van der Waals surface area contributed by atoms with E-state index in [-0.39, 0.29) is 0 Å². The normalized spacial score (nSPS) is 9.78. The summed E-state index contributed by atoms with van der Waals surface area (Å²) < 4.78 is 0.918. The van der Waals surface area contributed by atoms with Gasteiger partial charge in [0.1, 0.15) is 6.33 Å². The predicted molar refractivity (Wildman–Crippen MR) is 92.3 cm³/mol. The van der Waals surface area contributed by atoms with Crippen molar-refractivity contribution in [3.05, 3.63) is 65.0 Å². The average molecular weight is 367 g/mol. The van der Waals surface area contributed by atoms with E-state index in [0.717, 1.165) is 26.6 Å². The molecule has 2 N–H and O–H groups in total. The Morgan fingerprint density at radius 1 is 1.17 bits per heavy atom. The molecule has 112 valence electrons. The summed E-state index contributed by atoms with van der Waals surface area (Å²) in [6, 6.07) is 12.9. The van der Waals surface area contributed by atoms with E-state index >= 15 is 0 Å². The lowest BCUT2D eigenvalue weighted by Gasteiger charge is -2.05. The Morgan fingerprint density at radius 3 is 2.96 bits per heavy atom. The fourth-order valence-corrected chi connectivity index (χ4v) is 2.32. The van der Waals surface area contributed by atoms with Crippen molar-refractivity contribution in [2.45, 2.75) is 0 Å². The molecule has 2 aromatic carbocycles. The molecule has 1 aromatic heterocycles. The molecule has 0 atom stereocenters. The number of benzene rings is 2. The van der Waals surface area contributed by atoms with Crippen molar-refractivity contribution in [1.29, 1.82) is 0 Å². The fourth-order valence-electron chi connectivity index (χ4n) is 1.92. The highest BCUT2D eigenvalue weighted by atomic mass is 79.9. The lowest BCUT2D eigenvalue weighted by Crippen LogP contribution is -2.27. The highest BCUT2D eigenvalue weighted by Crippen LogP contribution is 2.14. The molecule has 0 unspecified atom stereocenters. The number of carbonyl (C=O) groups is 1. The molecule has 5 nitrogen and oxygen atoms in total. The van der Waals surface area contributed by atoms with Crippen molar-refractivity contribution >= 4 is 38.4 Å². The minimum Gasteiger partial charge on any atom is -0.298 e. The van der Waals surface area contributed by atoms with Gasteiger partial charge in [-0.25, -0.2) is 9.97 Å². The Hall–Kier alpha value is -2.91. The van der Waals surface area contributed by atoms with Gasteiger partial charge in [-0.3, -0.25) is 15.6 Å². The van der Waals surface area contributed by atoms with Crippen molar-refractivity contribution < 1.29 is 4.79 Å². The summed E-state index contributed by atoms with van der Waals surface area (Å²) in [6.45, 7) is 0. The van der Waals surface area contributed by atoms with Crippen LogP contribution in [0.2, 0.25) is 0 Å².